The van der Waals surface area contributed by atoms with Crippen LogP contribution in [0.2, 0.25) is 0 Å². The molecule has 0 bridgehead atoms. The zero-order valence-corrected chi connectivity index (χ0v) is 10.3. The van der Waals surface area contributed by atoms with Crippen LogP contribution < -0.4 is 0 Å². The molecule has 0 unspecified atom stereocenters. The van der Waals surface area contributed by atoms with Crippen LogP contribution in [0.1, 0.15) is 30.3 Å². The van der Waals surface area contributed by atoms with Crippen molar-refractivity contribution in [3.8, 4) is 6.07 Å². The average Bonchev–Trinajstić information content (AvgIpc) is 2.53. The van der Waals surface area contributed by atoms with Crippen molar-refractivity contribution in [3.05, 3.63) is 28.6 Å². The number of aryl methyl sites for hydroxylation is 1. The van der Waals surface area contributed by atoms with E-state index in [0.29, 0.717) is 0 Å². The van der Waals surface area contributed by atoms with Crippen molar-refractivity contribution in [2.24, 2.45) is 0 Å². The molecule has 0 aliphatic carbocycles. The fourth-order valence-electron chi connectivity index (χ4n) is 1.84. The number of hydrogen-bond donors (Lipinski definition) is 1. The predicted molar refractivity (Wildman–Crippen MR) is 65.4 cm³/mol. The van der Waals surface area contributed by atoms with Crippen LogP contribution in [0.25, 0.3) is 6.08 Å². The second kappa shape index (κ2) is 5.35. The summed E-state index contributed by atoms with van der Waals surface area (Å²) in [4.78, 5) is 10.8. The van der Waals surface area contributed by atoms with E-state index in [1.54, 1.807) is 6.07 Å². The molecule has 0 atom stereocenters. The summed E-state index contributed by atoms with van der Waals surface area (Å²) < 4.78 is 2.13. The summed E-state index contributed by atoms with van der Waals surface area (Å²) in [6, 6.07) is 3.60. The fraction of sp³-hybridized carbons (Fsp3) is 0.385. The third-order valence-corrected chi connectivity index (χ3v) is 2.71. The number of rotatable bonds is 4. The number of carbonyl (C=O) groups is 1. The number of aromatic nitrogens is 1. The molecular weight excluding hydrogens is 216 g/mol. The van der Waals surface area contributed by atoms with Gasteiger partial charge in [-0.1, -0.05) is 6.92 Å². The van der Waals surface area contributed by atoms with Gasteiger partial charge in [-0.2, -0.15) is 5.26 Å². The van der Waals surface area contributed by atoms with Gasteiger partial charge in [-0.25, -0.2) is 4.79 Å². The second-order valence-corrected chi connectivity index (χ2v) is 3.95. The van der Waals surface area contributed by atoms with Crippen molar-refractivity contribution in [2.75, 3.05) is 0 Å². The van der Waals surface area contributed by atoms with E-state index in [-0.39, 0.29) is 5.57 Å². The Labute approximate surface area is 101 Å². The molecule has 4 heteroatoms. The molecule has 17 heavy (non-hydrogen) atoms. The minimum atomic E-state index is -1.19. The van der Waals surface area contributed by atoms with Crippen LogP contribution in [0, 0.1) is 25.2 Å². The van der Waals surface area contributed by atoms with Crippen molar-refractivity contribution in [1.82, 2.24) is 4.57 Å². The number of carboxylic acids is 1. The minimum Gasteiger partial charge on any atom is -0.477 e. The van der Waals surface area contributed by atoms with E-state index in [1.807, 2.05) is 19.9 Å². The summed E-state index contributed by atoms with van der Waals surface area (Å²) in [5, 5.41) is 17.5. The molecule has 0 amide bonds. The molecule has 0 aliphatic rings. The first kappa shape index (κ1) is 13.0. The van der Waals surface area contributed by atoms with Crippen LogP contribution in [-0.2, 0) is 11.3 Å². The molecule has 1 rings (SSSR count). The Kier molecular flexibility index (Phi) is 4.11. The number of hydrogen-bond acceptors (Lipinski definition) is 2. The van der Waals surface area contributed by atoms with Crippen LogP contribution in [0.4, 0.5) is 0 Å². The van der Waals surface area contributed by atoms with Crippen LogP contribution in [0.15, 0.2) is 11.6 Å². The predicted octanol–water partition coefficient (Wildman–Crippen LogP) is 2.51. The van der Waals surface area contributed by atoms with Gasteiger partial charge in [0.15, 0.2) is 0 Å². The molecular formula is C13H16N2O2. The highest BCUT2D eigenvalue weighted by atomic mass is 16.4. The first-order chi connectivity index (χ1) is 8.01. The Morgan fingerprint density at radius 2 is 2.24 bits per heavy atom. The van der Waals surface area contributed by atoms with Gasteiger partial charge in [0.1, 0.15) is 11.6 Å². The molecule has 0 saturated heterocycles. The van der Waals surface area contributed by atoms with Gasteiger partial charge in [0, 0.05) is 17.9 Å². The smallest absolute Gasteiger partial charge is 0.346 e. The van der Waals surface area contributed by atoms with E-state index in [9.17, 15) is 4.79 Å². The lowest BCUT2D eigenvalue weighted by Gasteiger charge is -2.06. The van der Waals surface area contributed by atoms with Crippen molar-refractivity contribution >= 4 is 12.0 Å². The Morgan fingerprint density at radius 3 is 2.71 bits per heavy atom. The maximum absolute atomic E-state index is 10.8. The molecule has 0 saturated carbocycles. The number of nitrogens with zero attached hydrogens (tertiary/aromatic N) is 2. The van der Waals surface area contributed by atoms with E-state index in [1.165, 1.54) is 6.08 Å². The van der Waals surface area contributed by atoms with E-state index in [0.717, 1.165) is 29.9 Å². The molecule has 1 N–H and O–H groups in total. The van der Waals surface area contributed by atoms with Crippen molar-refractivity contribution in [3.63, 3.8) is 0 Å². The SMILES string of the molecule is CCCn1c(C)cc(/C=C(/C#N)C(=O)O)c1C. The van der Waals surface area contributed by atoms with Gasteiger partial charge in [0.2, 0.25) is 0 Å². The third kappa shape index (κ3) is 2.76. The van der Waals surface area contributed by atoms with Gasteiger partial charge < -0.3 is 9.67 Å². The Bertz CT molecular complexity index is 504. The quantitative estimate of drug-likeness (QED) is 0.640. The Morgan fingerprint density at radius 1 is 1.59 bits per heavy atom. The van der Waals surface area contributed by atoms with Crippen LogP contribution in [-0.4, -0.2) is 15.6 Å². The molecule has 0 radical (unpaired) electrons. The van der Waals surface area contributed by atoms with Crippen molar-refractivity contribution in [2.45, 2.75) is 33.7 Å². The molecule has 1 heterocycles. The Balaban J connectivity index is 3.21. The molecule has 0 aromatic carbocycles. The van der Waals surface area contributed by atoms with E-state index < -0.39 is 5.97 Å². The Hall–Kier alpha value is -2.02. The van der Waals surface area contributed by atoms with Crippen molar-refractivity contribution < 1.29 is 9.90 Å². The average molecular weight is 232 g/mol. The summed E-state index contributed by atoms with van der Waals surface area (Å²) in [5.74, 6) is -1.19. The normalized spacial score (nSPS) is 11.3. The van der Waals surface area contributed by atoms with E-state index >= 15 is 0 Å². The maximum atomic E-state index is 10.8. The van der Waals surface area contributed by atoms with Gasteiger partial charge >= 0.3 is 5.97 Å². The minimum absolute atomic E-state index is 0.234. The zero-order valence-electron chi connectivity index (χ0n) is 10.3. The van der Waals surface area contributed by atoms with E-state index in [2.05, 4.69) is 11.5 Å². The summed E-state index contributed by atoms with van der Waals surface area (Å²) in [5.41, 5.74) is 2.65. The summed E-state index contributed by atoms with van der Waals surface area (Å²) >= 11 is 0. The maximum Gasteiger partial charge on any atom is 0.346 e. The molecule has 0 fully saturated rings. The molecule has 0 aliphatic heterocycles. The van der Waals surface area contributed by atoms with Crippen LogP contribution in [0.5, 0.6) is 0 Å². The van der Waals surface area contributed by atoms with Crippen molar-refractivity contribution in [1.29, 1.82) is 5.26 Å². The highest BCUT2D eigenvalue weighted by Crippen LogP contribution is 2.18. The van der Waals surface area contributed by atoms with Gasteiger partial charge in [0.25, 0.3) is 0 Å². The van der Waals surface area contributed by atoms with Crippen LogP contribution in [0.3, 0.4) is 0 Å². The molecule has 4 nitrogen and oxygen atoms in total. The monoisotopic (exact) mass is 232 g/mol. The third-order valence-electron chi connectivity index (χ3n) is 2.71. The second-order valence-electron chi connectivity index (χ2n) is 3.95. The summed E-state index contributed by atoms with van der Waals surface area (Å²) in [7, 11) is 0. The molecule has 90 valence electrons. The largest absolute Gasteiger partial charge is 0.477 e. The highest BCUT2D eigenvalue weighted by molar-refractivity contribution is 5.96. The zero-order chi connectivity index (χ0) is 13.0. The standard InChI is InChI=1S/C13H16N2O2/c1-4-5-15-9(2)6-11(10(15)3)7-12(8-14)13(16)17/h6-7H,4-5H2,1-3H3,(H,16,17)/b12-7-. The fourth-order valence-corrected chi connectivity index (χ4v) is 1.84. The molecule has 1 aromatic heterocycles. The van der Waals surface area contributed by atoms with Gasteiger partial charge in [-0.05, 0) is 38.0 Å². The first-order valence-electron chi connectivity index (χ1n) is 5.53. The molecule has 1 aromatic rings. The van der Waals surface area contributed by atoms with Gasteiger partial charge in [-0.3, -0.25) is 0 Å². The van der Waals surface area contributed by atoms with Crippen LogP contribution >= 0.6 is 0 Å². The first-order valence-corrected chi connectivity index (χ1v) is 5.53. The lowest BCUT2D eigenvalue weighted by Crippen LogP contribution is -2.01. The summed E-state index contributed by atoms with van der Waals surface area (Å²) in [6.07, 6.45) is 2.44. The van der Waals surface area contributed by atoms with E-state index in [4.69, 9.17) is 10.4 Å². The van der Waals surface area contributed by atoms with Gasteiger partial charge in [-0.15, -0.1) is 0 Å². The topological polar surface area (TPSA) is 66.0 Å². The number of aliphatic carboxylic acids is 1. The lowest BCUT2D eigenvalue weighted by atomic mass is 10.1. The van der Waals surface area contributed by atoms with Gasteiger partial charge in [0.05, 0.1) is 0 Å². The number of carboxylic acid groups (broad SMARTS) is 1. The summed E-state index contributed by atoms with van der Waals surface area (Å²) in [6.45, 7) is 6.91. The lowest BCUT2D eigenvalue weighted by molar-refractivity contribution is -0.132. The highest BCUT2D eigenvalue weighted by Gasteiger charge is 2.10. The molecule has 0 spiro atoms. The number of nitriles is 1.